The number of nitrogens with zero attached hydrogens (tertiary/aromatic N) is 2. The van der Waals surface area contributed by atoms with Gasteiger partial charge in [0.2, 0.25) is 11.1 Å². The first-order valence-electron chi connectivity index (χ1n) is 9.12. The standard InChI is InChI=1S/C21H24N4OS/c1-4-14(2)17-12-8-9-13-18(17)22-20(26)15(3)27-21-23-19(24-25-21)16-10-6-5-7-11-16/h5-15H,4H2,1-3H3,(H,22,26)(H,23,24,25)/t14-,15+/m0/s1. The Morgan fingerprint density at radius 3 is 2.56 bits per heavy atom. The van der Waals surface area contributed by atoms with Crippen LogP contribution in [0.3, 0.4) is 0 Å². The minimum absolute atomic E-state index is 0.0539. The molecular weight excluding hydrogens is 356 g/mol. The summed E-state index contributed by atoms with van der Waals surface area (Å²) in [6, 6.07) is 17.8. The molecule has 2 aromatic carbocycles. The van der Waals surface area contributed by atoms with E-state index in [0.717, 1.165) is 23.2 Å². The number of amides is 1. The average molecular weight is 381 g/mol. The lowest BCUT2D eigenvalue weighted by atomic mass is 9.97. The summed E-state index contributed by atoms with van der Waals surface area (Å²) in [7, 11) is 0. The predicted molar refractivity (Wildman–Crippen MR) is 111 cm³/mol. The maximum Gasteiger partial charge on any atom is 0.237 e. The Morgan fingerprint density at radius 1 is 1.11 bits per heavy atom. The minimum atomic E-state index is -0.311. The third-order valence-electron chi connectivity index (χ3n) is 4.53. The summed E-state index contributed by atoms with van der Waals surface area (Å²) in [6.07, 6.45) is 1.02. The highest BCUT2D eigenvalue weighted by atomic mass is 32.2. The molecule has 1 heterocycles. The quantitative estimate of drug-likeness (QED) is 0.559. The largest absolute Gasteiger partial charge is 0.325 e. The van der Waals surface area contributed by atoms with Crippen molar-refractivity contribution in [3.8, 4) is 11.4 Å². The third kappa shape index (κ3) is 4.77. The van der Waals surface area contributed by atoms with Gasteiger partial charge in [0, 0.05) is 11.3 Å². The Labute approximate surface area is 164 Å². The molecule has 1 amide bonds. The molecule has 3 rings (SSSR count). The number of carbonyl (C=O) groups is 1. The lowest BCUT2D eigenvalue weighted by Crippen LogP contribution is -2.23. The fourth-order valence-corrected chi connectivity index (χ4v) is 3.46. The van der Waals surface area contributed by atoms with Crippen LogP contribution in [0.15, 0.2) is 59.8 Å². The van der Waals surface area contributed by atoms with Gasteiger partial charge < -0.3 is 5.32 Å². The molecule has 27 heavy (non-hydrogen) atoms. The molecule has 2 N–H and O–H groups in total. The highest BCUT2D eigenvalue weighted by Gasteiger charge is 2.19. The van der Waals surface area contributed by atoms with Crippen LogP contribution >= 0.6 is 11.8 Å². The number of aromatic nitrogens is 3. The van der Waals surface area contributed by atoms with Crippen molar-refractivity contribution in [1.82, 2.24) is 15.2 Å². The number of hydrogen-bond acceptors (Lipinski definition) is 4. The van der Waals surface area contributed by atoms with Crippen molar-refractivity contribution in [3.63, 3.8) is 0 Å². The van der Waals surface area contributed by atoms with Crippen molar-refractivity contribution in [2.75, 3.05) is 5.32 Å². The number of benzene rings is 2. The second-order valence-electron chi connectivity index (χ2n) is 6.48. The van der Waals surface area contributed by atoms with Gasteiger partial charge in [-0.25, -0.2) is 4.98 Å². The van der Waals surface area contributed by atoms with Crippen LogP contribution in [-0.2, 0) is 4.79 Å². The summed E-state index contributed by atoms with van der Waals surface area (Å²) in [4.78, 5) is 17.1. The number of para-hydroxylation sites is 1. The number of H-pyrrole nitrogens is 1. The van der Waals surface area contributed by atoms with Gasteiger partial charge in [0.25, 0.3) is 0 Å². The van der Waals surface area contributed by atoms with Crippen molar-refractivity contribution in [3.05, 3.63) is 60.2 Å². The molecule has 0 aliphatic heterocycles. The molecule has 140 valence electrons. The maximum absolute atomic E-state index is 12.7. The molecule has 0 radical (unpaired) electrons. The van der Waals surface area contributed by atoms with Gasteiger partial charge in [-0.15, -0.1) is 5.10 Å². The molecule has 0 saturated heterocycles. The van der Waals surface area contributed by atoms with E-state index in [9.17, 15) is 4.79 Å². The van der Waals surface area contributed by atoms with Crippen LogP contribution in [0, 0.1) is 0 Å². The summed E-state index contributed by atoms with van der Waals surface area (Å²) in [5.74, 6) is 1.04. The molecule has 0 spiro atoms. The molecule has 0 saturated carbocycles. The summed E-state index contributed by atoms with van der Waals surface area (Å²) in [5.41, 5.74) is 3.01. The van der Waals surface area contributed by atoms with Crippen molar-refractivity contribution in [1.29, 1.82) is 0 Å². The van der Waals surface area contributed by atoms with E-state index in [1.807, 2.05) is 55.5 Å². The Bertz CT molecular complexity index is 894. The predicted octanol–water partition coefficient (Wildman–Crippen LogP) is 5.10. The Hall–Kier alpha value is -2.60. The van der Waals surface area contributed by atoms with Crippen molar-refractivity contribution in [2.24, 2.45) is 0 Å². The minimum Gasteiger partial charge on any atom is -0.325 e. The zero-order valence-electron chi connectivity index (χ0n) is 15.8. The second kappa shape index (κ2) is 8.86. The zero-order chi connectivity index (χ0) is 19.2. The first kappa shape index (κ1) is 19.2. The molecular formula is C21H24N4OS. The van der Waals surface area contributed by atoms with Crippen LogP contribution in [-0.4, -0.2) is 26.3 Å². The molecule has 0 bridgehead atoms. The zero-order valence-corrected chi connectivity index (χ0v) is 16.6. The summed E-state index contributed by atoms with van der Waals surface area (Å²) >= 11 is 1.34. The van der Waals surface area contributed by atoms with Gasteiger partial charge in [0.05, 0.1) is 5.25 Å². The Morgan fingerprint density at radius 2 is 1.81 bits per heavy atom. The number of nitrogens with one attached hydrogen (secondary N) is 2. The van der Waals surface area contributed by atoms with E-state index in [1.165, 1.54) is 11.8 Å². The van der Waals surface area contributed by atoms with E-state index in [2.05, 4.69) is 40.4 Å². The van der Waals surface area contributed by atoms with Gasteiger partial charge in [0.1, 0.15) is 0 Å². The van der Waals surface area contributed by atoms with E-state index in [0.29, 0.717) is 16.9 Å². The number of hydrogen-bond donors (Lipinski definition) is 2. The Kier molecular flexibility index (Phi) is 6.29. The van der Waals surface area contributed by atoms with E-state index < -0.39 is 0 Å². The van der Waals surface area contributed by atoms with E-state index in [-0.39, 0.29) is 11.2 Å². The normalized spacial score (nSPS) is 13.1. The molecule has 2 atom stereocenters. The highest BCUT2D eigenvalue weighted by Crippen LogP contribution is 2.28. The molecule has 3 aromatic rings. The smallest absolute Gasteiger partial charge is 0.237 e. The molecule has 0 fully saturated rings. The van der Waals surface area contributed by atoms with Gasteiger partial charge in [0.15, 0.2) is 5.82 Å². The second-order valence-corrected chi connectivity index (χ2v) is 7.79. The summed E-state index contributed by atoms with van der Waals surface area (Å²) in [6.45, 7) is 6.18. The van der Waals surface area contributed by atoms with Crippen molar-refractivity contribution in [2.45, 2.75) is 43.5 Å². The lowest BCUT2D eigenvalue weighted by Gasteiger charge is -2.17. The van der Waals surface area contributed by atoms with E-state index in [4.69, 9.17) is 0 Å². The summed E-state index contributed by atoms with van der Waals surface area (Å²) in [5, 5.41) is 10.5. The lowest BCUT2D eigenvalue weighted by molar-refractivity contribution is -0.115. The van der Waals surface area contributed by atoms with E-state index >= 15 is 0 Å². The number of thioether (sulfide) groups is 1. The fraction of sp³-hybridized carbons (Fsp3) is 0.286. The van der Waals surface area contributed by atoms with Crippen molar-refractivity contribution < 1.29 is 4.79 Å². The van der Waals surface area contributed by atoms with E-state index in [1.54, 1.807) is 0 Å². The molecule has 5 nitrogen and oxygen atoms in total. The van der Waals surface area contributed by atoms with Crippen LogP contribution in [0.1, 0.15) is 38.7 Å². The first-order valence-corrected chi connectivity index (χ1v) is 10.0. The van der Waals surface area contributed by atoms with Crippen LogP contribution in [0.2, 0.25) is 0 Å². The van der Waals surface area contributed by atoms with Crippen LogP contribution in [0.25, 0.3) is 11.4 Å². The van der Waals surface area contributed by atoms with Crippen molar-refractivity contribution >= 4 is 23.4 Å². The van der Waals surface area contributed by atoms with Gasteiger partial charge in [-0.05, 0) is 30.9 Å². The number of carbonyl (C=O) groups excluding carboxylic acids is 1. The number of aromatic amines is 1. The summed E-state index contributed by atoms with van der Waals surface area (Å²) < 4.78 is 0. The van der Waals surface area contributed by atoms with Gasteiger partial charge in [-0.2, -0.15) is 0 Å². The number of anilines is 1. The van der Waals surface area contributed by atoms with Gasteiger partial charge in [-0.3, -0.25) is 9.89 Å². The van der Waals surface area contributed by atoms with Crippen LogP contribution in [0.4, 0.5) is 5.69 Å². The van der Waals surface area contributed by atoms with Crippen LogP contribution in [0.5, 0.6) is 0 Å². The average Bonchev–Trinajstić information content (AvgIpc) is 3.17. The third-order valence-corrected chi connectivity index (χ3v) is 5.49. The van der Waals surface area contributed by atoms with Gasteiger partial charge >= 0.3 is 0 Å². The SMILES string of the molecule is CC[C@H](C)c1ccccc1NC(=O)[C@@H](C)Sc1n[nH]c(-c2ccccc2)n1. The monoisotopic (exact) mass is 380 g/mol. The Balaban J connectivity index is 1.66. The van der Waals surface area contributed by atoms with Crippen LogP contribution < -0.4 is 5.32 Å². The molecule has 0 aliphatic carbocycles. The maximum atomic E-state index is 12.7. The van der Waals surface area contributed by atoms with Gasteiger partial charge in [-0.1, -0.05) is 74.1 Å². The highest BCUT2D eigenvalue weighted by molar-refractivity contribution is 8.00. The topological polar surface area (TPSA) is 70.7 Å². The molecule has 1 aromatic heterocycles. The number of rotatable bonds is 7. The first-order chi connectivity index (χ1) is 13.1. The molecule has 0 aliphatic rings. The molecule has 0 unspecified atom stereocenters. The fourth-order valence-electron chi connectivity index (χ4n) is 2.73. The molecule has 6 heteroatoms.